The van der Waals surface area contributed by atoms with Crippen molar-refractivity contribution in [2.45, 2.75) is 0 Å². The monoisotopic (exact) mass is 195 g/mol. The fraction of sp³-hybridized carbons (Fsp3) is 0. The number of amides is 1. The van der Waals surface area contributed by atoms with Crippen molar-refractivity contribution in [2.24, 2.45) is 5.73 Å². The van der Waals surface area contributed by atoms with E-state index in [4.69, 9.17) is 17.3 Å². The maximum Gasteiger partial charge on any atom is 0.250 e. The van der Waals surface area contributed by atoms with Crippen LogP contribution in [0.25, 0.3) is 10.9 Å². The number of H-pyrrole nitrogens is 1. The van der Waals surface area contributed by atoms with Crippen LogP contribution in [-0.2, 0) is 0 Å². The second-order valence-corrected chi connectivity index (χ2v) is 2.95. The predicted molar refractivity (Wildman–Crippen MR) is 49.6 cm³/mol. The maximum atomic E-state index is 10.9. The number of hydrogen-bond acceptors (Lipinski definition) is 2. The van der Waals surface area contributed by atoms with E-state index in [2.05, 4.69) is 9.97 Å². The number of rotatable bonds is 1. The number of nitrogens with one attached hydrogen (secondary N) is 1. The van der Waals surface area contributed by atoms with Gasteiger partial charge in [0.1, 0.15) is 5.15 Å². The Kier molecular flexibility index (Phi) is 1.70. The minimum absolute atomic E-state index is 0.285. The van der Waals surface area contributed by atoms with Crippen LogP contribution in [0, 0.1) is 0 Å². The van der Waals surface area contributed by atoms with Crippen LogP contribution in [0.2, 0.25) is 5.15 Å². The molecule has 0 unspecified atom stereocenters. The predicted octanol–water partition coefficient (Wildman–Crippen LogP) is 1.32. The lowest BCUT2D eigenvalue weighted by Gasteiger charge is -1.94. The molecule has 0 aliphatic heterocycles. The lowest BCUT2D eigenvalue weighted by Crippen LogP contribution is -2.10. The Hall–Kier alpha value is -1.55. The van der Waals surface area contributed by atoms with Gasteiger partial charge in [-0.2, -0.15) is 0 Å². The SMILES string of the molecule is NC(=O)c1c[nH]c2ccnc(Cl)c12. The molecule has 13 heavy (non-hydrogen) atoms. The molecule has 0 spiro atoms. The molecule has 0 saturated heterocycles. The van der Waals surface area contributed by atoms with E-state index in [0.717, 1.165) is 5.52 Å². The van der Waals surface area contributed by atoms with Crippen LogP contribution in [0.3, 0.4) is 0 Å². The molecule has 0 bridgehead atoms. The van der Waals surface area contributed by atoms with E-state index < -0.39 is 5.91 Å². The Morgan fingerprint density at radius 1 is 1.62 bits per heavy atom. The summed E-state index contributed by atoms with van der Waals surface area (Å²) in [5.74, 6) is -0.513. The lowest BCUT2D eigenvalue weighted by molar-refractivity contribution is 0.100. The molecular formula is C8H6ClN3O. The molecular weight excluding hydrogens is 190 g/mol. The number of carbonyl (C=O) groups excluding carboxylic acids is 1. The van der Waals surface area contributed by atoms with Gasteiger partial charge in [0.05, 0.1) is 11.1 Å². The number of halogens is 1. The van der Waals surface area contributed by atoms with Crippen molar-refractivity contribution in [2.75, 3.05) is 0 Å². The Morgan fingerprint density at radius 2 is 2.38 bits per heavy atom. The number of aromatic nitrogens is 2. The quantitative estimate of drug-likeness (QED) is 0.674. The van der Waals surface area contributed by atoms with Gasteiger partial charge in [0.25, 0.3) is 5.91 Å². The highest BCUT2D eigenvalue weighted by Gasteiger charge is 2.11. The third-order valence-corrected chi connectivity index (χ3v) is 2.10. The standard InChI is InChI=1S/C8H6ClN3O/c9-7-6-4(8(10)13)3-12-5(6)1-2-11-7/h1-3,12H,(H2,10,13). The van der Waals surface area contributed by atoms with Gasteiger partial charge in [-0.15, -0.1) is 0 Å². The van der Waals surface area contributed by atoms with Gasteiger partial charge in [-0.1, -0.05) is 11.6 Å². The largest absolute Gasteiger partial charge is 0.366 e. The van der Waals surface area contributed by atoms with Crippen molar-refractivity contribution in [3.63, 3.8) is 0 Å². The molecule has 66 valence electrons. The highest BCUT2D eigenvalue weighted by molar-refractivity contribution is 6.35. The van der Waals surface area contributed by atoms with Gasteiger partial charge in [0.15, 0.2) is 0 Å². The minimum atomic E-state index is -0.513. The van der Waals surface area contributed by atoms with Crippen molar-refractivity contribution >= 4 is 28.4 Å². The summed E-state index contributed by atoms with van der Waals surface area (Å²) in [5.41, 5.74) is 6.27. The summed E-state index contributed by atoms with van der Waals surface area (Å²) in [6.07, 6.45) is 3.09. The average Bonchev–Trinajstić information content (AvgIpc) is 2.49. The van der Waals surface area contributed by atoms with E-state index in [1.165, 1.54) is 6.20 Å². The molecule has 1 amide bonds. The molecule has 0 aliphatic carbocycles. The second kappa shape index (κ2) is 2.74. The third kappa shape index (κ3) is 1.15. The molecule has 0 aromatic carbocycles. The number of hydrogen-bond donors (Lipinski definition) is 2. The van der Waals surface area contributed by atoms with Crippen molar-refractivity contribution in [3.8, 4) is 0 Å². The first-order valence-electron chi connectivity index (χ1n) is 3.61. The van der Waals surface area contributed by atoms with Gasteiger partial charge in [0, 0.05) is 17.8 Å². The highest BCUT2D eigenvalue weighted by atomic mass is 35.5. The molecule has 0 fully saturated rings. The number of nitrogens with zero attached hydrogens (tertiary/aromatic N) is 1. The third-order valence-electron chi connectivity index (χ3n) is 1.81. The smallest absolute Gasteiger partial charge is 0.250 e. The van der Waals surface area contributed by atoms with Crippen molar-refractivity contribution in [1.82, 2.24) is 9.97 Å². The van der Waals surface area contributed by atoms with Crippen molar-refractivity contribution < 1.29 is 4.79 Å². The van der Waals surface area contributed by atoms with Gasteiger partial charge in [-0.05, 0) is 6.07 Å². The van der Waals surface area contributed by atoms with Crippen LogP contribution in [0.5, 0.6) is 0 Å². The normalized spacial score (nSPS) is 10.5. The fourth-order valence-electron chi connectivity index (χ4n) is 1.23. The fourth-order valence-corrected chi connectivity index (χ4v) is 1.49. The van der Waals surface area contributed by atoms with Crippen LogP contribution in [0.1, 0.15) is 10.4 Å². The Bertz CT molecular complexity index is 477. The molecule has 4 nitrogen and oxygen atoms in total. The summed E-state index contributed by atoms with van der Waals surface area (Å²) in [4.78, 5) is 17.7. The van der Waals surface area contributed by atoms with Crippen LogP contribution in [-0.4, -0.2) is 15.9 Å². The maximum absolute atomic E-state index is 10.9. The Balaban J connectivity index is 2.86. The highest BCUT2D eigenvalue weighted by Crippen LogP contribution is 2.23. The van der Waals surface area contributed by atoms with Crippen LogP contribution in [0.4, 0.5) is 0 Å². The number of aromatic amines is 1. The van der Waals surface area contributed by atoms with Crippen LogP contribution >= 0.6 is 11.6 Å². The first kappa shape index (κ1) is 8.07. The molecule has 5 heteroatoms. The summed E-state index contributed by atoms with van der Waals surface area (Å²) in [5, 5.41) is 0.865. The van der Waals surface area contributed by atoms with E-state index in [1.807, 2.05) is 0 Å². The summed E-state index contributed by atoms with van der Waals surface area (Å²) < 4.78 is 0. The van der Waals surface area contributed by atoms with E-state index in [0.29, 0.717) is 10.9 Å². The van der Waals surface area contributed by atoms with Crippen LogP contribution in [0.15, 0.2) is 18.5 Å². The molecule has 0 radical (unpaired) electrons. The zero-order valence-electron chi connectivity index (χ0n) is 6.54. The van der Waals surface area contributed by atoms with Crippen LogP contribution < -0.4 is 5.73 Å². The van der Waals surface area contributed by atoms with E-state index in [9.17, 15) is 4.79 Å². The van der Waals surface area contributed by atoms with Gasteiger partial charge >= 0.3 is 0 Å². The zero-order chi connectivity index (χ0) is 9.42. The summed E-state index contributed by atoms with van der Waals surface area (Å²) >= 11 is 5.81. The van der Waals surface area contributed by atoms with E-state index in [1.54, 1.807) is 12.3 Å². The number of nitrogens with two attached hydrogens (primary N) is 1. The lowest BCUT2D eigenvalue weighted by atomic mass is 10.2. The number of carbonyl (C=O) groups is 1. The summed E-state index contributed by atoms with van der Waals surface area (Å²) in [6, 6.07) is 1.73. The molecule has 2 rings (SSSR count). The Morgan fingerprint density at radius 3 is 3.08 bits per heavy atom. The minimum Gasteiger partial charge on any atom is -0.366 e. The molecule has 0 saturated carbocycles. The van der Waals surface area contributed by atoms with E-state index >= 15 is 0 Å². The zero-order valence-corrected chi connectivity index (χ0v) is 7.30. The van der Waals surface area contributed by atoms with E-state index in [-0.39, 0.29) is 5.15 Å². The first-order valence-corrected chi connectivity index (χ1v) is 3.99. The second-order valence-electron chi connectivity index (χ2n) is 2.59. The molecule has 3 N–H and O–H groups in total. The van der Waals surface area contributed by atoms with Gasteiger partial charge < -0.3 is 10.7 Å². The molecule has 0 atom stereocenters. The first-order chi connectivity index (χ1) is 6.20. The molecule has 0 aliphatic rings. The number of fused-ring (bicyclic) bond motifs is 1. The number of primary amides is 1. The van der Waals surface area contributed by atoms with Crippen molar-refractivity contribution in [3.05, 3.63) is 29.2 Å². The summed E-state index contributed by atoms with van der Waals surface area (Å²) in [6.45, 7) is 0. The van der Waals surface area contributed by atoms with Gasteiger partial charge in [-0.3, -0.25) is 4.79 Å². The molecule has 2 aromatic heterocycles. The number of pyridine rings is 1. The average molecular weight is 196 g/mol. The van der Waals surface area contributed by atoms with Gasteiger partial charge in [-0.25, -0.2) is 4.98 Å². The molecule has 2 heterocycles. The molecule has 2 aromatic rings. The van der Waals surface area contributed by atoms with Gasteiger partial charge in [0.2, 0.25) is 0 Å². The van der Waals surface area contributed by atoms with Crippen molar-refractivity contribution in [1.29, 1.82) is 0 Å². The Labute approximate surface area is 78.7 Å². The topological polar surface area (TPSA) is 71.8 Å². The summed E-state index contributed by atoms with van der Waals surface area (Å²) in [7, 11) is 0.